The number of likely N-dealkylation sites (N-methyl/N-ethyl adjacent to an activating group) is 1. The van der Waals surface area contributed by atoms with Crippen LogP contribution in [0, 0.1) is 11.3 Å². The number of hydrogen-bond acceptors (Lipinski definition) is 5. The molecular formula is C24H24N4O3. The highest BCUT2D eigenvalue weighted by atomic mass is 16.5. The minimum absolute atomic E-state index is 0.0131. The molecule has 0 fully saturated rings. The molecule has 158 valence electrons. The third-order valence-corrected chi connectivity index (χ3v) is 4.66. The molecule has 0 aliphatic rings. The molecule has 0 bridgehead atoms. The maximum atomic E-state index is 13.1. The highest BCUT2D eigenvalue weighted by Gasteiger charge is 2.18. The fourth-order valence-electron chi connectivity index (χ4n) is 2.97. The molecule has 0 unspecified atom stereocenters. The van der Waals surface area contributed by atoms with Gasteiger partial charge in [-0.1, -0.05) is 39.0 Å². The standard InChI is InChI=1S/C24H24N4O3/c1-5-26-21(29)16(15-25)14-19-22(27-20-8-6-7-13-28(20)23(19)30)31-18-11-9-17(10-12-18)24(2,3)4/h6-14H,5H2,1-4H3,(H,26,29)/b16-14+. The first-order chi connectivity index (χ1) is 14.7. The second-order valence-corrected chi connectivity index (χ2v) is 7.97. The van der Waals surface area contributed by atoms with Crippen molar-refractivity contribution in [3.05, 3.63) is 75.7 Å². The number of rotatable bonds is 5. The van der Waals surface area contributed by atoms with Gasteiger partial charge in [-0.3, -0.25) is 14.0 Å². The van der Waals surface area contributed by atoms with Crippen molar-refractivity contribution >= 4 is 17.6 Å². The number of ether oxygens (including phenoxy) is 1. The Bertz CT molecular complexity index is 1240. The molecule has 0 radical (unpaired) electrons. The van der Waals surface area contributed by atoms with E-state index in [1.165, 1.54) is 10.5 Å². The predicted octanol–water partition coefficient (Wildman–Crippen LogP) is 3.83. The molecule has 2 aromatic heterocycles. The van der Waals surface area contributed by atoms with E-state index in [0.29, 0.717) is 17.9 Å². The number of nitriles is 1. The van der Waals surface area contributed by atoms with Gasteiger partial charge in [0.1, 0.15) is 28.6 Å². The molecule has 3 rings (SSSR count). The first kappa shape index (κ1) is 21.8. The fourth-order valence-corrected chi connectivity index (χ4v) is 2.97. The number of benzene rings is 1. The number of hydrogen-bond donors (Lipinski definition) is 1. The zero-order chi connectivity index (χ0) is 22.6. The number of nitrogens with zero attached hydrogens (tertiary/aromatic N) is 3. The molecule has 0 aliphatic heterocycles. The van der Waals surface area contributed by atoms with Crippen LogP contribution in [0.1, 0.15) is 38.8 Å². The van der Waals surface area contributed by atoms with Crippen molar-refractivity contribution in [3.63, 3.8) is 0 Å². The maximum absolute atomic E-state index is 13.1. The molecule has 1 amide bonds. The van der Waals surface area contributed by atoms with Crippen molar-refractivity contribution in [1.29, 1.82) is 5.26 Å². The summed E-state index contributed by atoms with van der Waals surface area (Å²) in [4.78, 5) is 29.7. The van der Waals surface area contributed by atoms with Crippen LogP contribution >= 0.6 is 0 Å². The van der Waals surface area contributed by atoms with Crippen LogP contribution in [-0.4, -0.2) is 21.8 Å². The van der Waals surface area contributed by atoms with Crippen molar-refractivity contribution in [2.24, 2.45) is 0 Å². The molecule has 2 heterocycles. The van der Waals surface area contributed by atoms with Gasteiger partial charge in [0, 0.05) is 12.7 Å². The number of pyridine rings is 1. The van der Waals surface area contributed by atoms with Crippen LogP contribution in [0.3, 0.4) is 0 Å². The van der Waals surface area contributed by atoms with E-state index < -0.39 is 11.5 Å². The summed E-state index contributed by atoms with van der Waals surface area (Å²) in [5.41, 5.74) is 0.887. The van der Waals surface area contributed by atoms with Crippen molar-refractivity contribution in [1.82, 2.24) is 14.7 Å². The van der Waals surface area contributed by atoms with Crippen LogP contribution in [0.25, 0.3) is 11.7 Å². The largest absolute Gasteiger partial charge is 0.438 e. The Kier molecular flexibility index (Phi) is 6.21. The number of carbonyl (C=O) groups excluding carboxylic acids is 1. The number of nitrogens with one attached hydrogen (secondary N) is 1. The lowest BCUT2D eigenvalue weighted by molar-refractivity contribution is -0.116. The van der Waals surface area contributed by atoms with Crippen LogP contribution in [0.5, 0.6) is 11.6 Å². The summed E-state index contributed by atoms with van der Waals surface area (Å²) in [5, 5.41) is 12.0. The molecule has 3 aromatic rings. The predicted molar refractivity (Wildman–Crippen MR) is 119 cm³/mol. The van der Waals surface area contributed by atoms with Gasteiger partial charge in [-0.25, -0.2) is 0 Å². The number of aromatic nitrogens is 2. The Balaban J connectivity index is 2.14. The summed E-state index contributed by atoms with van der Waals surface area (Å²) in [7, 11) is 0. The maximum Gasteiger partial charge on any atom is 0.269 e. The van der Waals surface area contributed by atoms with Gasteiger partial charge >= 0.3 is 0 Å². The molecule has 7 nitrogen and oxygen atoms in total. The van der Waals surface area contributed by atoms with Crippen LogP contribution in [0.15, 0.2) is 59.0 Å². The molecule has 0 saturated heterocycles. The van der Waals surface area contributed by atoms with Gasteiger partial charge < -0.3 is 10.1 Å². The second kappa shape index (κ2) is 8.84. The highest BCUT2D eigenvalue weighted by molar-refractivity contribution is 6.01. The molecule has 0 atom stereocenters. The van der Waals surface area contributed by atoms with E-state index in [1.54, 1.807) is 43.5 Å². The van der Waals surface area contributed by atoms with Crippen molar-refractivity contribution < 1.29 is 9.53 Å². The van der Waals surface area contributed by atoms with Gasteiger partial charge in [-0.05, 0) is 48.2 Å². The monoisotopic (exact) mass is 416 g/mol. The Labute approximate surface area is 180 Å². The summed E-state index contributed by atoms with van der Waals surface area (Å²) in [5.74, 6) is -0.0499. The van der Waals surface area contributed by atoms with E-state index in [9.17, 15) is 14.9 Å². The van der Waals surface area contributed by atoms with E-state index in [1.807, 2.05) is 18.2 Å². The van der Waals surface area contributed by atoms with E-state index >= 15 is 0 Å². The van der Waals surface area contributed by atoms with E-state index in [4.69, 9.17) is 4.74 Å². The third-order valence-electron chi connectivity index (χ3n) is 4.66. The van der Waals surface area contributed by atoms with Crippen LogP contribution < -0.4 is 15.6 Å². The van der Waals surface area contributed by atoms with Gasteiger partial charge in [0.2, 0.25) is 5.88 Å². The zero-order valence-corrected chi connectivity index (χ0v) is 18.0. The fraction of sp³-hybridized carbons (Fsp3) is 0.250. The Morgan fingerprint density at radius 3 is 2.55 bits per heavy atom. The Hall–Kier alpha value is -3.92. The normalized spacial score (nSPS) is 11.8. The molecule has 0 aliphatic carbocycles. The molecule has 1 N–H and O–H groups in total. The van der Waals surface area contributed by atoms with E-state index in [0.717, 1.165) is 5.56 Å². The number of fused-ring (bicyclic) bond motifs is 1. The van der Waals surface area contributed by atoms with Gasteiger partial charge in [-0.2, -0.15) is 10.2 Å². The summed E-state index contributed by atoms with van der Waals surface area (Å²) in [6.07, 6.45) is 2.79. The van der Waals surface area contributed by atoms with Crippen molar-refractivity contribution in [3.8, 4) is 17.7 Å². The minimum Gasteiger partial charge on any atom is -0.438 e. The third kappa shape index (κ3) is 4.81. The van der Waals surface area contributed by atoms with Crippen molar-refractivity contribution in [2.75, 3.05) is 6.54 Å². The van der Waals surface area contributed by atoms with Gasteiger partial charge in [0.25, 0.3) is 11.5 Å². The van der Waals surface area contributed by atoms with E-state index in [2.05, 4.69) is 31.1 Å². The lowest BCUT2D eigenvalue weighted by Gasteiger charge is -2.19. The van der Waals surface area contributed by atoms with Gasteiger partial charge in [0.05, 0.1) is 0 Å². The molecule has 31 heavy (non-hydrogen) atoms. The average molecular weight is 416 g/mol. The number of carbonyl (C=O) groups is 1. The van der Waals surface area contributed by atoms with E-state index in [-0.39, 0.29) is 22.4 Å². The molecule has 1 aromatic carbocycles. The van der Waals surface area contributed by atoms with Gasteiger partial charge in [-0.15, -0.1) is 0 Å². The molecular weight excluding hydrogens is 392 g/mol. The summed E-state index contributed by atoms with van der Waals surface area (Å²) >= 11 is 0. The smallest absolute Gasteiger partial charge is 0.269 e. The topological polar surface area (TPSA) is 96.5 Å². The Morgan fingerprint density at radius 1 is 1.23 bits per heavy atom. The summed E-state index contributed by atoms with van der Waals surface area (Å²) in [6, 6.07) is 14.5. The van der Waals surface area contributed by atoms with Crippen molar-refractivity contribution in [2.45, 2.75) is 33.1 Å². The second-order valence-electron chi connectivity index (χ2n) is 7.97. The van der Waals surface area contributed by atoms with Crippen LogP contribution in [0.2, 0.25) is 0 Å². The SMILES string of the molecule is CCNC(=O)/C(C#N)=C/c1c(Oc2ccc(C(C)(C)C)cc2)nc2ccccn2c1=O. The quantitative estimate of drug-likeness (QED) is 0.504. The molecule has 0 spiro atoms. The average Bonchev–Trinajstić information content (AvgIpc) is 2.73. The number of amides is 1. The lowest BCUT2D eigenvalue weighted by Crippen LogP contribution is -2.25. The summed E-state index contributed by atoms with van der Waals surface area (Å²) in [6.45, 7) is 8.44. The lowest BCUT2D eigenvalue weighted by atomic mass is 9.87. The van der Waals surface area contributed by atoms with Gasteiger partial charge in [0.15, 0.2) is 0 Å². The minimum atomic E-state index is -0.567. The summed E-state index contributed by atoms with van der Waals surface area (Å²) < 4.78 is 7.28. The highest BCUT2D eigenvalue weighted by Crippen LogP contribution is 2.28. The molecule has 0 saturated carbocycles. The van der Waals surface area contributed by atoms with Crippen LogP contribution in [-0.2, 0) is 10.2 Å². The zero-order valence-electron chi connectivity index (χ0n) is 18.0. The first-order valence-corrected chi connectivity index (χ1v) is 9.94. The molecule has 7 heteroatoms. The first-order valence-electron chi connectivity index (χ1n) is 9.94. The van der Waals surface area contributed by atoms with Crippen LogP contribution in [0.4, 0.5) is 0 Å². The Morgan fingerprint density at radius 2 is 1.94 bits per heavy atom.